The van der Waals surface area contributed by atoms with Crippen LogP contribution >= 0.6 is 15.9 Å². The Morgan fingerprint density at radius 1 is 1.25 bits per heavy atom. The van der Waals surface area contributed by atoms with Gasteiger partial charge in [-0.25, -0.2) is 4.39 Å². The second-order valence-electron chi connectivity index (χ2n) is 4.88. The molecule has 1 saturated heterocycles. The minimum absolute atomic E-state index is 0.0315. The summed E-state index contributed by atoms with van der Waals surface area (Å²) in [5.74, 6) is 0.651. The minimum atomic E-state index is -0.243. The van der Waals surface area contributed by atoms with Gasteiger partial charge in [0.05, 0.1) is 16.8 Å². The van der Waals surface area contributed by atoms with Gasteiger partial charge in [0, 0.05) is 26.2 Å². The molecular weight excluding hydrogens is 323 g/mol. The maximum atomic E-state index is 13.5. The third-order valence-electron chi connectivity index (χ3n) is 3.59. The standard InChI is InChI=1S/C15H16BrFN2O/c16-12-10-11(3-4-13(12)17)15(14-2-1-9-20-14)19-7-5-18-6-8-19/h1-4,9-10,15,18H,5-8H2/t15-/m1/s1. The van der Waals surface area contributed by atoms with E-state index in [0.717, 1.165) is 37.5 Å². The molecule has 1 aromatic heterocycles. The molecule has 1 N–H and O–H groups in total. The fourth-order valence-electron chi connectivity index (χ4n) is 2.62. The van der Waals surface area contributed by atoms with Crippen LogP contribution in [0.4, 0.5) is 4.39 Å². The quantitative estimate of drug-likeness (QED) is 0.931. The first-order valence-corrected chi connectivity index (χ1v) is 7.48. The molecule has 3 nitrogen and oxygen atoms in total. The SMILES string of the molecule is Fc1ccc([C@H](c2ccco2)N2CCNCC2)cc1Br. The van der Waals surface area contributed by atoms with Crippen LogP contribution in [0.25, 0.3) is 0 Å². The second kappa shape index (κ2) is 6.08. The molecular formula is C15H16BrFN2O. The Hall–Kier alpha value is -1.17. The molecule has 0 bridgehead atoms. The Kier molecular flexibility index (Phi) is 4.19. The fourth-order valence-corrected chi connectivity index (χ4v) is 3.02. The first-order valence-electron chi connectivity index (χ1n) is 6.69. The summed E-state index contributed by atoms with van der Waals surface area (Å²) in [5.41, 5.74) is 1.04. The van der Waals surface area contributed by atoms with E-state index in [1.165, 1.54) is 6.07 Å². The Labute approximate surface area is 125 Å². The molecule has 20 heavy (non-hydrogen) atoms. The highest BCUT2D eigenvalue weighted by Gasteiger charge is 2.26. The van der Waals surface area contributed by atoms with Crippen molar-refractivity contribution in [3.8, 4) is 0 Å². The van der Waals surface area contributed by atoms with Crippen molar-refractivity contribution in [1.29, 1.82) is 0 Å². The summed E-state index contributed by atoms with van der Waals surface area (Å²) in [5, 5.41) is 3.35. The maximum absolute atomic E-state index is 13.5. The average Bonchev–Trinajstić information content (AvgIpc) is 2.98. The largest absolute Gasteiger partial charge is 0.467 e. The molecule has 2 heterocycles. The van der Waals surface area contributed by atoms with Crippen molar-refractivity contribution in [1.82, 2.24) is 10.2 Å². The van der Waals surface area contributed by atoms with E-state index in [-0.39, 0.29) is 11.9 Å². The zero-order valence-corrected chi connectivity index (χ0v) is 12.6. The van der Waals surface area contributed by atoms with Crippen LogP contribution in [0.2, 0.25) is 0 Å². The zero-order chi connectivity index (χ0) is 13.9. The van der Waals surface area contributed by atoms with E-state index < -0.39 is 0 Å². The lowest BCUT2D eigenvalue weighted by Crippen LogP contribution is -2.45. The number of benzene rings is 1. The lowest BCUT2D eigenvalue weighted by atomic mass is 10.0. The van der Waals surface area contributed by atoms with E-state index in [4.69, 9.17) is 4.42 Å². The van der Waals surface area contributed by atoms with Crippen LogP contribution in [-0.2, 0) is 0 Å². The highest BCUT2D eigenvalue weighted by atomic mass is 79.9. The van der Waals surface area contributed by atoms with Crippen molar-refractivity contribution in [2.24, 2.45) is 0 Å². The number of hydrogen-bond acceptors (Lipinski definition) is 3. The average molecular weight is 339 g/mol. The van der Waals surface area contributed by atoms with Crippen molar-refractivity contribution >= 4 is 15.9 Å². The highest BCUT2D eigenvalue weighted by molar-refractivity contribution is 9.10. The van der Waals surface area contributed by atoms with Crippen LogP contribution < -0.4 is 5.32 Å². The summed E-state index contributed by atoms with van der Waals surface area (Å²) in [6.45, 7) is 3.81. The third kappa shape index (κ3) is 2.80. The van der Waals surface area contributed by atoms with Crippen molar-refractivity contribution in [2.45, 2.75) is 6.04 Å². The van der Waals surface area contributed by atoms with Crippen molar-refractivity contribution < 1.29 is 8.81 Å². The molecule has 0 spiro atoms. The topological polar surface area (TPSA) is 28.4 Å². The predicted molar refractivity (Wildman–Crippen MR) is 79.1 cm³/mol. The van der Waals surface area contributed by atoms with E-state index >= 15 is 0 Å². The molecule has 1 aliphatic heterocycles. The molecule has 0 aliphatic carbocycles. The summed E-state index contributed by atoms with van der Waals surface area (Å²) in [6.07, 6.45) is 1.68. The first kappa shape index (κ1) is 13.8. The summed E-state index contributed by atoms with van der Waals surface area (Å²) >= 11 is 3.27. The van der Waals surface area contributed by atoms with Gasteiger partial charge < -0.3 is 9.73 Å². The van der Waals surface area contributed by atoms with Crippen molar-refractivity contribution in [3.05, 3.63) is 58.2 Å². The van der Waals surface area contributed by atoms with E-state index in [2.05, 4.69) is 26.1 Å². The van der Waals surface area contributed by atoms with Gasteiger partial charge in [-0.2, -0.15) is 0 Å². The van der Waals surface area contributed by atoms with Crippen LogP contribution in [0.3, 0.4) is 0 Å². The molecule has 0 amide bonds. The summed E-state index contributed by atoms with van der Waals surface area (Å²) in [6, 6.07) is 9.06. The van der Waals surface area contributed by atoms with Gasteiger partial charge in [-0.05, 0) is 45.8 Å². The zero-order valence-electron chi connectivity index (χ0n) is 11.0. The molecule has 5 heteroatoms. The molecule has 0 radical (unpaired) electrons. The van der Waals surface area contributed by atoms with Crippen LogP contribution in [0, 0.1) is 5.82 Å². The molecule has 1 fully saturated rings. The minimum Gasteiger partial charge on any atom is -0.467 e. The van der Waals surface area contributed by atoms with E-state index in [0.29, 0.717) is 4.47 Å². The van der Waals surface area contributed by atoms with Gasteiger partial charge in [0.15, 0.2) is 0 Å². The molecule has 0 saturated carbocycles. The molecule has 2 aromatic rings. The van der Waals surface area contributed by atoms with Crippen molar-refractivity contribution in [2.75, 3.05) is 26.2 Å². The van der Waals surface area contributed by atoms with E-state index in [1.807, 2.05) is 24.3 Å². The monoisotopic (exact) mass is 338 g/mol. The predicted octanol–water partition coefficient (Wildman–Crippen LogP) is 3.18. The van der Waals surface area contributed by atoms with Crippen LogP contribution in [0.5, 0.6) is 0 Å². The number of rotatable bonds is 3. The molecule has 3 rings (SSSR count). The van der Waals surface area contributed by atoms with Gasteiger partial charge in [0.25, 0.3) is 0 Å². The lowest BCUT2D eigenvalue weighted by molar-refractivity contribution is 0.180. The molecule has 1 aromatic carbocycles. The van der Waals surface area contributed by atoms with E-state index in [9.17, 15) is 4.39 Å². The smallest absolute Gasteiger partial charge is 0.137 e. The van der Waals surface area contributed by atoms with Crippen LogP contribution in [-0.4, -0.2) is 31.1 Å². The number of halogens is 2. The van der Waals surface area contributed by atoms with Gasteiger partial charge in [-0.1, -0.05) is 6.07 Å². The Bertz CT molecular complexity index is 567. The molecule has 106 valence electrons. The normalized spacial score (nSPS) is 18.1. The summed E-state index contributed by atoms with van der Waals surface area (Å²) < 4.78 is 19.5. The third-order valence-corrected chi connectivity index (χ3v) is 4.20. The lowest BCUT2D eigenvalue weighted by Gasteiger charge is -2.34. The van der Waals surface area contributed by atoms with Gasteiger partial charge >= 0.3 is 0 Å². The van der Waals surface area contributed by atoms with Gasteiger partial charge in [0.1, 0.15) is 11.6 Å². The number of nitrogens with one attached hydrogen (secondary N) is 1. The van der Waals surface area contributed by atoms with Crippen LogP contribution in [0.1, 0.15) is 17.4 Å². The maximum Gasteiger partial charge on any atom is 0.137 e. The Morgan fingerprint density at radius 2 is 2.05 bits per heavy atom. The van der Waals surface area contributed by atoms with E-state index in [1.54, 1.807) is 6.26 Å². The summed E-state index contributed by atoms with van der Waals surface area (Å²) in [4.78, 5) is 2.36. The van der Waals surface area contributed by atoms with Crippen molar-refractivity contribution in [3.63, 3.8) is 0 Å². The molecule has 1 atom stereocenters. The van der Waals surface area contributed by atoms with Crippen LogP contribution in [0.15, 0.2) is 45.5 Å². The van der Waals surface area contributed by atoms with Gasteiger partial charge in [0.2, 0.25) is 0 Å². The highest BCUT2D eigenvalue weighted by Crippen LogP contribution is 2.31. The number of hydrogen-bond donors (Lipinski definition) is 1. The Morgan fingerprint density at radius 3 is 2.70 bits per heavy atom. The second-order valence-corrected chi connectivity index (χ2v) is 5.73. The number of furan rings is 1. The molecule has 1 aliphatic rings. The fraction of sp³-hybridized carbons (Fsp3) is 0.333. The number of piperazine rings is 1. The first-order chi connectivity index (χ1) is 9.75. The number of nitrogens with zero attached hydrogens (tertiary/aromatic N) is 1. The summed E-state index contributed by atoms with van der Waals surface area (Å²) in [7, 11) is 0. The Balaban J connectivity index is 1.98. The van der Waals surface area contributed by atoms with Gasteiger partial charge in [-0.15, -0.1) is 0 Å². The molecule has 0 unspecified atom stereocenters. The van der Waals surface area contributed by atoms with Gasteiger partial charge in [-0.3, -0.25) is 4.90 Å².